The molecule has 13 heavy (non-hydrogen) atoms. The Bertz CT molecular complexity index is 307. The second kappa shape index (κ2) is 2.68. The lowest BCUT2D eigenvalue weighted by atomic mass is 9.84. The molecule has 0 bridgehead atoms. The molecule has 0 saturated heterocycles. The summed E-state index contributed by atoms with van der Waals surface area (Å²) in [7, 11) is 0. The van der Waals surface area contributed by atoms with Gasteiger partial charge in [0.05, 0.1) is 6.04 Å². The van der Waals surface area contributed by atoms with Crippen LogP contribution < -0.4 is 5.32 Å². The summed E-state index contributed by atoms with van der Waals surface area (Å²) in [5.74, 6) is 1.59. The quantitative estimate of drug-likeness (QED) is 0.641. The van der Waals surface area contributed by atoms with Gasteiger partial charge in [-0.3, -0.25) is 0 Å². The van der Waals surface area contributed by atoms with Crippen LogP contribution in [-0.4, -0.2) is 26.8 Å². The SMILES string of the molecule is C1CCC2C(C1)CNc1nnnn12. The van der Waals surface area contributed by atoms with E-state index in [1.807, 2.05) is 4.68 Å². The molecule has 2 heterocycles. The Morgan fingerprint density at radius 2 is 2.23 bits per heavy atom. The van der Waals surface area contributed by atoms with Gasteiger partial charge >= 0.3 is 0 Å². The summed E-state index contributed by atoms with van der Waals surface area (Å²) >= 11 is 0. The van der Waals surface area contributed by atoms with E-state index in [-0.39, 0.29) is 0 Å². The Labute approximate surface area is 76.5 Å². The molecule has 5 nitrogen and oxygen atoms in total. The maximum Gasteiger partial charge on any atom is 0.243 e. The average molecular weight is 179 g/mol. The van der Waals surface area contributed by atoms with Gasteiger partial charge in [-0.15, -0.1) is 0 Å². The maximum absolute atomic E-state index is 4.03. The summed E-state index contributed by atoms with van der Waals surface area (Å²) in [6.45, 7) is 1.05. The number of rotatable bonds is 0. The van der Waals surface area contributed by atoms with Crippen molar-refractivity contribution < 1.29 is 0 Å². The van der Waals surface area contributed by atoms with E-state index in [1.165, 1.54) is 25.7 Å². The zero-order chi connectivity index (χ0) is 8.67. The van der Waals surface area contributed by atoms with Gasteiger partial charge < -0.3 is 5.32 Å². The molecule has 0 aromatic carbocycles. The maximum atomic E-state index is 4.03. The van der Waals surface area contributed by atoms with Crippen molar-refractivity contribution in [3.63, 3.8) is 0 Å². The van der Waals surface area contributed by atoms with Crippen molar-refractivity contribution in [3.8, 4) is 0 Å². The fourth-order valence-electron chi connectivity index (χ4n) is 2.50. The number of nitrogens with one attached hydrogen (secondary N) is 1. The Kier molecular flexibility index (Phi) is 1.50. The van der Waals surface area contributed by atoms with Crippen LogP contribution in [0.15, 0.2) is 0 Å². The van der Waals surface area contributed by atoms with Gasteiger partial charge in [0.15, 0.2) is 0 Å². The number of fused-ring (bicyclic) bond motifs is 3. The second-order valence-corrected chi connectivity index (χ2v) is 3.94. The van der Waals surface area contributed by atoms with Gasteiger partial charge in [-0.25, -0.2) is 4.68 Å². The van der Waals surface area contributed by atoms with Gasteiger partial charge in [0.2, 0.25) is 5.95 Å². The van der Waals surface area contributed by atoms with Crippen molar-refractivity contribution >= 4 is 5.95 Å². The van der Waals surface area contributed by atoms with E-state index in [2.05, 4.69) is 20.8 Å². The Hall–Kier alpha value is -1.13. The summed E-state index contributed by atoms with van der Waals surface area (Å²) in [6, 6.07) is 0.556. The molecule has 2 unspecified atom stereocenters. The number of hydrogen-bond donors (Lipinski definition) is 1. The molecule has 1 aromatic rings. The van der Waals surface area contributed by atoms with Gasteiger partial charge in [0, 0.05) is 6.54 Å². The first-order valence-electron chi connectivity index (χ1n) is 4.97. The van der Waals surface area contributed by atoms with Crippen LogP contribution in [0.3, 0.4) is 0 Å². The summed E-state index contributed by atoms with van der Waals surface area (Å²) in [5, 5.41) is 14.9. The van der Waals surface area contributed by atoms with Gasteiger partial charge in [-0.2, -0.15) is 0 Å². The number of nitrogens with zero attached hydrogens (tertiary/aromatic N) is 4. The molecule has 1 aromatic heterocycles. The minimum atomic E-state index is 0.556. The molecule has 1 N–H and O–H groups in total. The van der Waals surface area contributed by atoms with Crippen molar-refractivity contribution in [2.24, 2.45) is 5.92 Å². The van der Waals surface area contributed by atoms with E-state index in [0.717, 1.165) is 18.4 Å². The predicted molar refractivity (Wildman–Crippen MR) is 47.3 cm³/mol. The number of anilines is 1. The van der Waals surface area contributed by atoms with Gasteiger partial charge in [0.25, 0.3) is 0 Å². The lowest BCUT2D eigenvalue weighted by Crippen LogP contribution is -2.35. The van der Waals surface area contributed by atoms with Crippen LogP contribution in [0.25, 0.3) is 0 Å². The van der Waals surface area contributed by atoms with Crippen LogP contribution in [0.2, 0.25) is 0 Å². The van der Waals surface area contributed by atoms with E-state index in [9.17, 15) is 0 Å². The molecule has 70 valence electrons. The molecular weight excluding hydrogens is 166 g/mol. The molecule has 1 aliphatic carbocycles. The van der Waals surface area contributed by atoms with E-state index >= 15 is 0 Å². The van der Waals surface area contributed by atoms with Crippen molar-refractivity contribution in [2.75, 3.05) is 11.9 Å². The number of hydrogen-bond acceptors (Lipinski definition) is 4. The zero-order valence-corrected chi connectivity index (χ0v) is 7.48. The standard InChI is InChI=1S/C8H13N5/c1-2-4-7-6(3-1)5-9-8-10-11-12-13(7)8/h6-7H,1-5H2,(H,9,10,12). The Morgan fingerprint density at radius 1 is 1.31 bits per heavy atom. The van der Waals surface area contributed by atoms with E-state index in [0.29, 0.717) is 6.04 Å². The van der Waals surface area contributed by atoms with Crippen molar-refractivity contribution in [1.29, 1.82) is 0 Å². The van der Waals surface area contributed by atoms with Gasteiger partial charge in [-0.1, -0.05) is 17.9 Å². The molecule has 0 amide bonds. The van der Waals surface area contributed by atoms with Crippen molar-refractivity contribution in [1.82, 2.24) is 20.2 Å². The molecule has 3 rings (SSSR count). The second-order valence-electron chi connectivity index (χ2n) is 3.94. The highest BCUT2D eigenvalue weighted by Crippen LogP contribution is 2.36. The summed E-state index contributed by atoms with van der Waals surface area (Å²) in [4.78, 5) is 0. The fraction of sp³-hybridized carbons (Fsp3) is 0.875. The molecule has 1 aliphatic heterocycles. The molecule has 0 spiro atoms. The van der Waals surface area contributed by atoms with E-state index in [1.54, 1.807) is 0 Å². The Balaban J connectivity index is 1.97. The van der Waals surface area contributed by atoms with Crippen LogP contribution in [0.1, 0.15) is 31.7 Å². The molecule has 1 fully saturated rings. The largest absolute Gasteiger partial charge is 0.353 e. The molecule has 2 atom stereocenters. The lowest BCUT2D eigenvalue weighted by molar-refractivity contribution is 0.219. The first-order chi connectivity index (χ1) is 6.45. The van der Waals surface area contributed by atoms with Crippen molar-refractivity contribution in [2.45, 2.75) is 31.7 Å². The van der Waals surface area contributed by atoms with Gasteiger partial charge in [0.1, 0.15) is 0 Å². The third-order valence-electron chi connectivity index (χ3n) is 3.20. The van der Waals surface area contributed by atoms with Crippen molar-refractivity contribution in [3.05, 3.63) is 0 Å². The topological polar surface area (TPSA) is 55.6 Å². The molecule has 1 saturated carbocycles. The van der Waals surface area contributed by atoms with E-state index < -0.39 is 0 Å². The highest BCUT2D eigenvalue weighted by atomic mass is 15.6. The summed E-state index contributed by atoms with van der Waals surface area (Å²) in [6.07, 6.45) is 5.24. The van der Waals surface area contributed by atoms with Crippen LogP contribution in [0, 0.1) is 5.92 Å². The molecule has 0 radical (unpaired) electrons. The monoisotopic (exact) mass is 179 g/mol. The number of aromatic nitrogens is 4. The van der Waals surface area contributed by atoms with Crippen LogP contribution in [-0.2, 0) is 0 Å². The molecular formula is C8H13N5. The Morgan fingerprint density at radius 3 is 3.23 bits per heavy atom. The number of tetrazole rings is 1. The van der Waals surface area contributed by atoms with E-state index in [4.69, 9.17) is 0 Å². The smallest absolute Gasteiger partial charge is 0.243 e. The lowest BCUT2D eigenvalue weighted by Gasteiger charge is -2.35. The van der Waals surface area contributed by atoms with Crippen LogP contribution >= 0.6 is 0 Å². The van der Waals surface area contributed by atoms with Crippen LogP contribution in [0.5, 0.6) is 0 Å². The molecule has 5 heteroatoms. The third kappa shape index (κ3) is 1.03. The minimum absolute atomic E-state index is 0.556. The summed E-state index contributed by atoms with van der Waals surface area (Å²) < 4.78 is 1.97. The predicted octanol–water partition coefficient (Wildman–Crippen LogP) is 0.830. The highest BCUT2D eigenvalue weighted by molar-refractivity contribution is 5.25. The summed E-state index contributed by atoms with van der Waals surface area (Å²) in [5.41, 5.74) is 0. The van der Waals surface area contributed by atoms with Crippen LogP contribution in [0.4, 0.5) is 5.95 Å². The molecule has 2 aliphatic rings. The minimum Gasteiger partial charge on any atom is -0.353 e. The third-order valence-corrected chi connectivity index (χ3v) is 3.20. The first kappa shape index (κ1) is 7.29. The zero-order valence-electron chi connectivity index (χ0n) is 7.48. The highest BCUT2D eigenvalue weighted by Gasteiger charge is 2.32. The average Bonchev–Trinajstić information content (AvgIpc) is 2.65. The van der Waals surface area contributed by atoms with Gasteiger partial charge in [-0.05, 0) is 29.2 Å². The fourth-order valence-corrected chi connectivity index (χ4v) is 2.50. The first-order valence-corrected chi connectivity index (χ1v) is 4.97. The normalized spacial score (nSPS) is 31.7.